The maximum Gasteiger partial charge on any atom is 0.323 e. The van der Waals surface area contributed by atoms with Crippen LogP contribution in [-0.4, -0.2) is 54.6 Å². The molecule has 1 aliphatic rings. The van der Waals surface area contributed by atoms with E-state index in [1.54, 1.807) is 30.5 Å². The van der Waals surface area contributed by atoms with Gasteiger partial charge >= 0.3 is 6.03 Å². The largest absolute Gasteiger partial charge is 0.484 e. The third kappa shape index (κ3) is 6.66. The van der Waals surface area contributed by atoms with Crippen LogP contribution in [0.15, 0.2) is 60.8 Å². The van der Waals surface area contributed by atoms with Crippen molar-refractivity contribution >= 4 is 40.7 Å². The number of nitrogens with zero attached hydrogens (tertiary/aromatic N) is 3. The van der Waals surface area contributed by atoms with E-state index in [1.807, 2.05) is 49.1 Å². The smallest absolute Gasteiger partial charge is 0.323 e. The third-order valence-corrected chi connectivity index (χ3v) is 6.33. The number of benzene rings is 2. The van der Waals surface area contributed by atoms with E-state index in [4.69, 9.17) is 16.3 Å². The van der Waals surface area contributed by atoms with Gasteiger partial charge in [0.1, 0.15) is 11.6 Å². The lowest BCUT2D eigenvalue weighted by atomic mass is 10.1. The number of urea groups is 1. The number of carbonyl (C=O) groups is 2. The summed E-state index contributed by atoms with van der Waals surface area (Å²) in [5, 5.41) is 6.37. The fraction of sp³-hybridized carbons (Fsp3) is 0.296. The average Bonchev–Trinajstić information content (AvgIpc) is 3.13. The molecule has 3 amide bonds. The minimum atomic E-state index is -0.313. The zero-order valence-electron chi connectivity index (χ0n) is 20.5. The molecule has 1 saturated heterocycles. The van der Waals surface area contributed by atoms with Crippen LogP contribution in [0.1, 0.15) is 17.5 Å². The number of nitrogens with one attached hydrogen (secondary N) is 2. The lowest BCUT2D eigenvalue weighted by molar-refractivity contribution is -0.133. The van der Waals surface area contributed by atoms with Gasteiger partial charge in [0.15, 0.2) is 6.61 Å². The summed E-state index contributed by atoms with van der Waals surface area (Å²) in [5.41, 5.74) is 3.42. The zero-order chi connectivity index (χ0) is 25.5. The molecule has 3 aromatic rings. The molecule has 2 N–H and O–H groups in total. The van der Waals surface area contributed by atoms with Crippen molar-refractivity contribution in [3.8, 4) is 5.75 Å². The third-order valence-electron chi connectivity index (χ3n) is 6.07. The van der Waals surface area contributed by atoms with Gasteiger partial charge in [-0.2, -0.15) is 0 Å². The number of carbonyl (C=O) groups excluding carboxylic acids is 2. The quantitative estimate of drug-likeness (QED) is 0.484. The molecule has 0 unspecified atom stereocenters. The number of pyridine rings is 1. The molecule has 1 fully saturated rings. The van der Waals surface area contributed by atoms with Crippen molar-refractivity contribution in [2.24, 2.45) is 0 Å². The Kier molecular flexibility index (Phi) is 8.28. The predicted octanol–water partition coefficient (Wildman–Crippen LogP) is 5.11. The molecule has 2 aromatic carbocycles. The van der Waals surface area contributed by atoms with Gasteiger partial charge in [-0.15, -0.1) is 0 Å². The van der Waals surface area contributed by atoms with Crippen LogP contribution >= 0.6 is 11.6 Å². The van der Waals surface area contributed by atoms with E-state index in [2.05, 4.69) is 20.5 Å². The first-order valence-electron chi connectivity index (χ1n) is 11.9. The van der Waals surface area contributed by atoms with E-state index in [0.29, 0.717) is 36.1 Å². The Bertz CT molecular complexity index is 1180. The number of hydrogen-bond donors (Lipinski definition) is 2. The maximum absolute atomic E-state index is 12.6. The van der Waals surface area contributed by atoms with Crippen molar-refractivity contribution in [2.75, 3.05) is 48.3 Å². The first-order valence-corrected chi connectivity index (χ1v) is 12.3. The molecule has 0 radical (unpaired) electrons. The van der Waals surface area contributed by atoms with Crippen LogP contribution in [0, 0.1) is 13.8 Å². The van der Waals surface area contributed by atoms with Gasteiger partial charge in [-0.05, 0) is 67.8 Å². The van der Waals surface area contributed by atoms with Gasteiger partial charge in [-0.3, -0.25) is 4.79 Å². The molecule has 0 aliphatic carbocycles. The van der Waals surface area contributed by atoms with E-state index >= 15 is 0 Å². The summed E-state index contributed by atoms with van der Waals surface area (Å²) in [5.74, 6) is 1.38. The van der Waals surface area contributed by atoms with Crippen molar-refractivity contribution in [1.82, 2.24) is 9.88 Å². The Labute approximate surface area is 216 Å². The molecule has 0 spiro atoms. The van der Waals surface area contributed by atoms with Gasteiger partial charge in [-0.1, -0.05) is 29.8 Å². The standard InChI is InChI=1S/C27H30ClN5O3/c1-19-5-3-6-20(2)26(19)31-27(35)30-22-9-12-24(29-17-22)32-13-4-14-33(16-15-32)25(34)18-36-23-10-7-21(28)8-11-23/h3,5-12,17H,4,13-16,18H2,1-2H3,(H2,30,31,35). The maximum atomic E-state index is 12.6. The van der Waals surface area contributed by atoms with E-state index in [-0.39, 0.29) is 18.5 Å². The van der Waals surface area contributed by atoms with Crippen LogP contribution < -0.4 is 20.3 Å². The van der Waals surface area contributed by atoms with Gasteiger partial charge in [-0.25, -0.2) is 9.78 Å². The number of para-hydroxylation sites is 1. The topological polar surface area (TPSA) is 86.8 Å². The minimum Gasteiger partial charge on any atom is -0.484 e. The van der Waals surface area contributed by atoms with Crippen LogP contribution in [0.4, 0.5) is 22.0 Å². The molecule has 36 heavy (non-hydrogen) atoms. The van der Waals surface area contributed by atoms with E-state index in [9.17, 15) is 9.59 Å². The Morgan fingerprint density at radius 2 is 1.69 bits per heavy atom. The van der Waals surface area contributed by atoms with Gasteiger partial charge in [0.2, 0.25) is 0 Å². The highest BCUT2D eigenvalue weighted by Crippen LogP contribution is 2.21. The second-order valence-corrected chi connectivity index (χ2v) is 9.15. The molecule has 1 aromatic heterocycles. The molecular formula is C27H30ClN5O3. The summed E-state index contributed by atoms with van der Waals surface area (Å²) < 4.78 is 5.61. The number of rotatable bonds is 6. The Morgan fingerprint density at radius 1 is 0.944 bits per heavy atom. The fourth-order valence-electron chi connectivity index (χ4n) is 4.10. The molecule has 0 bridgehead atoms. The zero-order valence-corrected chi connectivity index (χ0v) is 21.2. The van der Waals surface area contributed by atoms with Crippen LogP contribution in [0.25, 0.3) is 0 Å². The number of aryl methyl sites for hydroxylation is 2. The number of hydrogen-bond acceptors (Lipinski definition) is 5. The van der Waals surface area contributed by atoms with E-state index in [0.717, 1.165) is 35.6 Å². The van der Waals surface area contributed by atoms with Crippen LogP contribution in [0.5, 0.6) is 5.75 Å². The van der Waals surface area contributed by atoms with Crippen molar-refractivity contribution in [1.29, 1.82) is 0 Å². The number of anilines is 3. The van der Waals surface area contributed by atoms with Crippen molar-refractivity contribution in [3.05, 3.63) is 76.9 Å². The molecule has 1 aliphatic heterocycles. The Hall–Kier alpha value is -3.78. The molecule has 4 rings (SSSR count). The molecule has 0 atom stereocenters. The van der Waals surface area contributed by atoms with E-state index < -0.39 is 0 Å². The van der Waals surface area contributed by atoms with Gasteiger partial charge < -0.3 is 25.2 Å². The average molecular weight is 508 g/mol. The van der Waals surface area contributed by atoms with Crippen LogP contribution in [-0.2, 0) is 4.79 Å². The summed E-state index contributed by atoms with van der Waals surface area (Å²) >= 11 is 5.89. The van der Waals surface area contributed by atoms with Crippen LogP contribution in [0.3, 0.4) is 0 Å². The highest BCUT2D eigenvalue weighted by molar-refractivity contribution is 6.30. The molecule has 9 heteroatoms. The van der Waals surface area contributed by atoms with Gasteiger partial charge in [0, 0.05) is 36.9 Å². The monoisotopic (exact) mass is 507 g/mol. The second-order valence-electron chi connectivity index (χ2n) is 8.71. The van der Waals surface area contributed by atoms with Crippen molar-refractivity contribution in [2.45, 2.75) is 20.3 Å². The lowest BCUT2D eigenvalue weighted by Gasteiger charge is -2.23. The fourth-order valence-corrected chi connectivity index (χ4v) is 4.22. The normalized spacial score (nSPS) is 13.6. The number of amides is 3. The molecule has 8 nitrogen and oxygen atoms in total. The summed E-state index contributed by atoms with van der Waals surface area (Å²) in [6.07, 6.45) is 2.47. The van der Waals surface area contributed by atoms with Crippen molar-refractivity contribution < 1.29 is 14.3 Å². The second kappa shape index (κ2) is 11.8. The number of aromatic nitrogens is 1. The van der Waals surface area contributed by atoms with Gasteiger partial charge in [0.25, 0.3) is 5.91 Å². The minimum absolute atomic E-state index is 0.00958. The number of halogens is 1. The highest BCUT2D eigenvalue weighted by atomic mass is 35.5. The Balaban J connectivity index is 1.27. The summed E-state index contributed by atoms with van der Waals surface area (Å²) in [7, 11) is 0. The number of ether oxygens (including phenoxy) is 1. The highest BCUT2D eigenvalue weighted by Gasteiger charge is 2.20. The molecular weight excluding hydrogens is 478 g/mol. The molecule has 188 valence electrons. The predicted molar refractivity (Wildman–Crippen MR) is 143 cm³/mol. The lowest BCUT2D eigenvalue weighted by Crippen LogP contribution is -2.38. The molecule has 2 heterocycles. The van der Waals surface area contributed by atoms with Crippen LogP contribution in [0.2, 0.25) is 5.02 Å². The summed E-state index contributed by atoms with van der Waals surface area (Å²) in [6.45, 7) is 6.61. The van der Waals surface area contributed by atoms with Gasteiger partial charge in [0.05, 0.1) is 11.9 Å². The first-order chi connectivity index (χ1) is 17.4. The van der Waals surface area contributed by atoms with Crippen molar-refractivity contribution in [3.63, 3.8) is 0 Å². The Morgan fingerprint density at radius 3 is 2.39 bits per heavy atom. The summed E-state index contributed by atoms with van der Waals surface area (Å²) in [6, 6.07) is 16.2. The van der Waals surface area contributed by atoms with E-state index in [1.165, 1.54) is 0 Å². The molecule has 0 saturated carbocycles. The SMILES string of the molecule is Cc1cccc(C)c1NC(=O)Nc1ccc(N2CCCN(C(=O)COc3ccc(Cl)cc3)CC2)nc1. The summed E-state index contributed by atoms with van der Waals surface area (Å²) in [4.78, 5) is 33.6. The first kappa shape index (κ1) is 25.3.